The maximum atomic E-state index is 11.8. The van der Waals surface area contributed by atoms with Crippen LogP contribution in [0, 0.1) is 11.8 Å². The summed E-state index contributed by atoms with van der Waals surface area (Å²) in [7, 11) is 0. The van der Waals surface area contributed by atoms with Gasteiger partial charge in [0.25, 0.3) is 0 Å². The molecule has 0 radical (unpaired) electrons. The van der Waals surface area contributed by atoms with Gasteiger partial charge in [0, 0.05) is 18.4 Å². The molecular formula is C14H18O4. The van der Waals surface area contributed by atoms with E-state index in [2.05, 4.69) is 6.58 Å². The van der Waals surface area contributed by atoms with Crippen LogP contribution in [0.1, 0.15) is 39.0 Å². The normalized spacial score (nSPS) is 41.2. The number of ether oxygens (including phenoxy) is 2. The van der Waals surface area contributed by atoms with Gasteiger partial charge in [-0.15, -0.1) is 0 Å². The summed E-state index contributed by atoms with van der Waals surface area (Å²) in [6.45, 7) is 5.27. The number of esters is 2. The van der Waals surface area contributed by atoms with Crippen molar-refractivity contribution in [1.82, 2.24) is 0 Å². The van der Waals surface area contributed by atoms with Crippen LogP contribution in [0.15, 0.2) is 12.2 Å². The fourth-order valence-electron chi connectivity index (χ4n) is 3.78. The summed E-state index contributed by atoms with van der Waals surface area (Å²) in [5.74, 6) is -0.0825. The molecular weight excluding hydrogens is 232 g/mol. The summed E-state index contributed by atoms with van der Waals surface area (Å²) in [6, 6.07) is 0. The molecule has 4 rings (SSSR count). The van der Waals surface area contributed by atoms with Crippen molar-refractivity contribution >= 4 is 11.9 Å². The molecule has 0 amide bonds. The number of fused-ring (bicyclic) bond motifs is 1. The van der Waals surface area contributed by atoms with Crippen LogP contribution < -0.4 is 0 Å². The first-order chi connectivity index (χ1) is 8.47. The highest BCUT2D eigenvalue weighted by molar-refractivity contribution is 5.87. The molecule has 4 aliphatic rings. The molecule has 2 aliphatic heterocycles. The lowest BCUT2D eigenvalue weighted by atomic mass is 9.65. The molecule has 0 N–H and O–H groups in total. The van der Waals surface area contributed by atoms with Gasteiger partial charge in [0.1, 0.15) is 11.7 Å². The molecule has 18 heavy (non-hydrogen) atoms. The van der Waals surface area contributed by atoms with E-state index in [1.54, 1.807) is 6.92 Å². The van der Waals surface area contributed by atoms with Gasteiger partial charge in [-0.25, -0.2) is 4.79 Å². The Hall–Kier alpha value is -1.32. The lowest BCUT2D eigenvalue weighted by Crippen LogP contribution is -2.48. The van der Waals surface area contributed by atoms with Gasteiger partial charge in [-0.05, 0) is 32.1 Å². The zero-order valence-electron chi connectivity index (χ0n) is 10.6. The Morgan fingerprint density at radius 3 is 2.89 bits per heavy atom. The van der Waals surface area contributed by atoms with Gasteiger partial charge in [0.05, 0.1) is 5.92 Å². The van der Waals surface area contributed by atoms with E-state index in [4.69, 9.17) is 9.47 Å². The third-order valence-corrected chi connectivity index (χ3v) is 4.37. The van der Waals surface area contributed by atoms with Gasteiger partial charge >= 0.3 is 11.9 Å². The third-order valence-electron chi connectivity index (χ3n) is 4.37. The molecule has 2 saturated carbocycles. The Bertz CT molecular complexity index is 428. The van der Waals surface area contributed by atoms with Crippen molar-refractivity contribution in [3.8, 4) is 0 Å². The molecule has 4 nitrogen and oxygen atoms in total. The van der Waals surface area contributed by atoms with E-state index < -0.39 is 5.60 Å². The average molecular weight is 250 g/mol. The van der Waals surface area contributed by atoms with E-state index >= 15 is 0 Å². The zero-order chi connectivity index (χ0) is 12.9. The molecule has 0 aromatic rings. The Morgan fingerprint density at radius 1 is 1.39 bits per heavy atom. The van der Waals surface area contributed by atoms with Crippen molar-refractivity contribution in [2.45, 2.75) is 50.7 Å². The van der Waals surface area contributed by atoms with Crippen LogP contribution in [0.5, 0.6) is 0 Å². The molecule has 0 aromatic heterocycles. The second-order valence-electron chi connectivity index (χ2n) is 6.06. The second kappa shape index (κ2) is 3.84. The minimum absolute atomic E-state index is 0.0679. The fourth-order valence-corrected chi connectivity index (χ4v) is 3.78. The minimum atomic E-state index is -0.487. The topological polar surface area (TPSA) is 52.6 Å². The number of hydrogen-bond donors (Lipinski definition) is 0. The maximum absolute atomic E-state index is 11.8. The molecule has 2 heterocycles. The maximum Gasteiger partial charge on any atom is 0.333 e. The third kappa shape index (κ3) is 1.84. The van der Waals surface area contributed by atoms with E-state index in [0.29, 0.717) is 24.3 Å². The van der Waals surface area contributed by atoms with Crippen LogP contribution in [-0.2, 0) is 19.1 Å². The van der Waals surface area contributed by atoms with Gasteiger partial charge in [-0.2, -0.15) is 0 Å². The van der Waals surface area contributed by atoms with Crippen LogP contribution in [-0.4, -0.2) is 23.6 Å². The molecule has 0 aromatic carbocycles. The van der Waals surface area contributed by atoms with Gasteiger partial charge in [-0.3, -0.25) is 4.79 Å². The van der Waals surface area contributed by atoms with Crippen LogP contribution in [0.2, 0.25) is 0 Å². The number of carbonyl (C=O) groups excluding carboxylic acids is 2. The summed E-state index contributed by atoms with van der Waals surface area (Å²) in [5, 5.41) is 0. The van der Waals surface area contributed by atoms with Gasteiger partial charge in [-0.1, -0.05) is 6.58 Å². The molecule has 4 atom stereocenters. The molecule has 0 unspecified atom stereocenters. The summed E-state index contributed by atoms with van der Waals surface area (Å²) >= 11 is 0. The Kier molecular flexibility index (Phi) is 2.50. The predicted octanol–water partition coefficient (Wildman–Crippen LogP) is 1.98. The molecule has 2 aliphatic carbocycles. The lowest BCUT2D eigenvalue weighted by molar-refractivity contribution is -0.169. The Labute approximate surface area is 106 Å². The van der Waals surface area contributed by atoms with Crippen LogP contribution in [0.4, 0.5) is 0 Å². The van der Waals surface area contributed by atoms with Crippen molar-refractivity contribution in [2.75, 3.05) is 0 Å². The number of carbonyl (C=O) groups is 2. The first-order valence-corrected chi connectivity index (χ1v) is 6.57. The highest BCUT2D eigenvalue weighted by atomic mass is 16.6. The van der Waals surface area contributed by atoms with E-state index in [-0.39, 0.29) is 24.0 Å². The van der Waals surface area contributed by atoms with E-state index in [1.807, 2.05) is 0 Å². The van der Waals surface area contributed by atoms with Crippen LogP contribution in [0.3, 0.4) is 0 Å². The first kappa shape index (κ1) is 11.8. The number of hydrogen-bond acceptors (Lipinski definition) is 4. The van der Waals surface area contributed by atoms with Crippen molar-refractivity contribution < 1.29 is 19.1 Å². The molecule has 4 fully saturated rings. The number of rotatable bonds is 2. The van der Waals surface area contributed by atoms with Crippen LogP contribution in [0.25, 0.3) is 0 Å². The summed E-state index contributed by atoms with van der Waals surface area (Å²) in [6.07, 6.45) is 3.90. The Balaban J connectivity index is 1.86. The van der Waals surface area contributed by atoms with Crippen LogP contribution >= 0.6 is 0 Å². The lowest BCUT2D eigenvalue weighted by Gasteiger charge is -2.45. The van der Waals surface area contributed by atoms with Crippen molar-refractivity contribution in [3.63, 3.8) is 0 Å². The standard InChI is InChI=1S/C14H18O4/c1-8(2)12(15)18-14-5-9-3-10(6-14)13(16)17-11(4-9)7-14/h9-11H,1,3-7H2,2H3/t9-,10-,11+,14-/m0/s1. The van der Waals surface area contributed by atoms with Gasteiger partial charge in [0.15, 0.2) is 0 Å². The zero-order valence-corrected chi connectivity index (χ0v) is 10.6. The smallest absolute Gasteiger partial charge is 0.333 e. The largest absolute Gasteiger partial charge is 0.462 e. The fraction of sp³-hybridized carbons (Fsp3) is 0.714. The monoisotopic (exact) mass is 250 g/mol. The Morgan fingerprint density at radius 2 is 2.17 bits per heavy atom. The van der Waals surface area contributed by atoms with Gasteiger partial charge in [0.2, 0.25) is 0 Å². The SMILES string of the molecule is C=C(C)C(=O)O[C@]12C[C@@H]3C[C@H](C1)OC(=O)[C@@H](C3)C2. The summed E-state index contributed by atoms with van der Waals surface area (Å²) in [5.41, 5.74) is -0.0738. The average Bonchev–Trinajstić information content (AvgIpc) is 2.41. The quantitative estimate of drug-likeness (QED) is 0.555. The first-order valence-electron chi connectivity index (χ1n) is 6.57. The minimum Gasteiger partial charge on any atom is -0.462 e. The van der Waals surface area contributed by atoms with E-state index in [1.165, 1.54) is 0 Å². The molecule has 4 bridgehead atoms. The second-order valence-corrected chi connectivity index (χ2v) is 6.06. The molecule has 98 valence electrons. The summed E-state index contributed by atoms with van der Waals surface area (Å²) < 4.78 is 11.1. The molecule has 2 saturated heterocycles. The highest BCUT2D eigenvalue weighted by Crippen LogP contribution is 2.51. The van der Waals surface area contributed by atoms with E-state index in [9.17, 15) is 9.59 Å². The van der Waals surface area contributed by atoms with Gasteiger partial charge < -0.3 is 9.47 Å². The summed E-state index contributed by atoms with van der Waals surface area (Å²) in [4.78, 5) is 23.6. The van der Waals surface area contributed by atoms with Crippen molar-refractivity contribution in [2.24, 2.45) is 11.8 Å². The highest BCUT2D eigenvalue weighted by Gasteiger charge is 2.54. The molecule has 0 spiro atoms. The van der Waals surface area contributed by atoms with E-state index in [0.717, 1.165) is 19.3 Å². The van der Waals surface area contributed by atoms with Crippen molar-refractivity contribution in [3.05, 3.63) is 12.2 Å². The predicted molar refractivity (Wildman–Crippen MR) is 63.6 cm³/mol. The van der Waals surface area contributed by atoms with Crippen molar-refractivity contribution in [1.29, 1.82) is 0 Å². The molecule has 4 heteroatoms.